The van der Waals surface area contributed by atoms with Gasteiger partial charge >= 0.3 is 0 Å². The smallest absolute Gasteiger partial charge is 0.157 e. The minimum atomic E-state index is -0.00380. The maximum atomic E-state index is 5.41. The molecule has 15 heavy (non-hydrogen) atoms. The summed E-state index contributed by atoms with van der Waals surface area (Å²) < 4.78 is 5.41. The summed E-state index contributed by atoms with van der Waals surface area (Å²) in [6.45, 7) is 5.96. The first-order valence-electron chi connectivity index (χ1n) is 5.30. The van der Waals surface area contributed by atoms with Crippen molar-refractivity contribution in [3.05, 3.63) is 23.3 Å². The predicted octanol–water partition coefficient (Wildman–Crippen LogP) is 1.42. The van der Waals surface area contributed by atoms with Crippen LogP contribution in [0.2, 0.25) is 0 Å². The molecule has 1 aliphatic rings. The molecular weight excluding hydrogens is 190 g/mol. The lowest BCUT2D eigenvalue weighted by molar-refractivity contribution is 0.0573. The van der Waals surface area contributed by atoms with Crippen LogP contribution in [0.15, 0.2) is 6.20 Å². The van der Waals surface area contributed by atoms with Gasteiger partial charge in [0.2, 0.25) is 0 Å². The van der Waals surface area contributed by atoms with Crippen LogP contribution in [0.4, 0.5) is 0 Å². The van der Waals surface area contributed by atoms with Gasteiger partial charge in [0.15, 0.2) is 5.82 Å². The third kappa shape index (κ3) is 2.01. The van der Waals surface area contributed by atoms with Gasteiger partial charge in [-0.1, -0.05) is 13.8 Å². The van der Waals surface area contributed by atoms with Gasteiger partial charge in [-0.25, -0.2) is 9.97 Å². The van der Waals surface area contributed by atoms with E-state index in [0.29, 0.717) is 5.92 Å². The van der Waals surface area contributed by atoms with Crippen LogP contribution in [-0.4, -0.2) is 17.1 Å². The number of hydrogen-bond acceptors (Lipinski definition) is 4. The third-order valence-electron chi connectivity index (χ3n) is 2.69. The molecule has 2 heterocycles. The molecule has 0 aromatic carbocycles. The molecule has 1 aliphatic heterocycles. The molecule has 0 saturated carbocycles. The summed E-state index contributed by atoms with van der Waals surface area (Å²) in [6, 6.07) is 0. The Morgan fingerprint density at radius 1 is 1.40 bits per heavy atom. The summed E-state index contributed by atoms with van der Waals surface area (Å²) in [5.41, 5.74) is 2.32. The van der Waals surface area contributed by atoms with Crippen LogP contribution in [0, 0.1) is 5.92 Å². The van der Waals surface area contributed by atoms with Crippen molar-refractivity contribution in [2.75, 3.05) is 7.11 Å². The fraction of sp³-hybridized carbons (Fsp3) is 0.636. The predicted molar refractivity (Wildman–Crippen MR) is 57.2 cm³/mol. The lowest BCUT2D eigenvalue weighted by Gasteiger charge is -2.17. The highest BCUT2D eigenvalue weighted by molar-refractivity contribution is 5.21. The highest BCUT2D eigenvalue weighted by Gasteiger charge is 2.20. The van der Waals surface area contributed by atoms with Crippen LogP contribution in [-0.2, 0) is 17.8 Å². The van der Waals surface area contributed by atoms with Crippen LogP contribution in [0.25, 0.3) is 0 Å². The van der Waals surface area contributed by atoms with Crippen molar-refractivity contribution in [3.63, 3.8) is 0 Å². The van der Waals surface area contributed by atoms with E-state index in [4.69, 9.17) is 4.74 Å². The minimum Gasteiger partial charge on any atom is -0.373 e. The first-order valence-corrected chi connectivity index (χ1v) is 5.30. The summed E-state index contributed by atoms with van der Waals surface area (Å²) in [7, 11) is 1.71. The molecule has 0 radical (unpaired) electrons. The average molecular weight is 207 g/mol. The summed E-state index contributed by atoms with van der Waals surface area (Å²) in [5, 5.41) is 3.26. The molecule has 1 atom stereocenters. The van der Waals surface area contributed by atoms with E-state index in [2.05, 4.69) is 29.1 Å². The van der Waals surface area contributed by atoms with E-state index >= 15 is 0 Å². The second-order valence-corrected chi connectivity index (χ2v) is 4.20. The molecule has 1 aromatic rings. The minimum absolute atomic E-state index is 0.00380. The maximum Gasteiger partial charge on any atom is 0.157 e. The average Bonchev–Trinajstić information content (AvgIpc) is 2.65. The van der Waals surface area contributed by atoms with E-state index in [1.807, 2.05) is 6.20 Å². The Morgan fingerprint density at radius 2 is 2.20 bits per heavy atom. The molecule has 0 aliphatic carbocycles. The van der Waals surface area contributed by atoms with E-state index in [9.17, 15) is 0 Å². The second kappa shape index (κ2) is 4.24. The number of ether oxygens (including phenoxy) is 1. The number of fused-ring (bicyclic) bond motifs is 1. The van der Waals surface area contributed by atoms with E-state index in [0.717, 1.165) is 24.6 Å². The number of hydrogen-bond donors (Lipinski definition) is 1. The topological polar surface area (TPSA) is 47.0 Å². The molecule has 1 unspecified atom stereocenters. The SMILES string of the molecule is COC(c1ncc2c(n1)CNC2)C(C)C. The zero-order chi connectivity index (χ0) is 10.8. The Balaban J connectivity index is 2.28. The number of rotatable bonds is 3. The molecule has 0 spiro atoms. The Labute approximate surface area is 90.1 Å². The summed E-state index contributed by atoms with van der Waals surface area (Å²) in [4.78, 5) is 8.91. The van der Waals surface area contributed by atoms with Crippen molar-refractivity contribution in [1.82, 2.24) is 15.3 Å². The molecule has 0 amide bonds. The highest BCUT2D eigenvalue weighted by Crippen LogP contribution is 2.23. The fourth-order valence-corrected chi connectivity index (χ4v) is 1.89. The molecule has 1 N–H and O–H groups in total. The summed E-state index contributed by atoms with van der Waals surface area (Å²) in [6.07, 6.45) is 1.90. The monoisotopic (exact) mass is 207 g/mol. The number of aromatic nitrogens is 2. The zero-order valence-corrected chi connectivity index (χ0v) is 9.45. The molecule has 0 bridgehead atoms. The first-order chi connectivity index (χ1) is 7.22. The van der Waals surface area contributed by atoms with Crippen molar-refractivity contribution in [3.8, 4) is 0 Å². The normalized spacial score (nSPS) is 16.8. The van der Waals surface area contributed by atoms with Crippen LogP contribution >= 0.6 is 0 Å². The largest absolute Gasteiger partial charge is 0.373 e. The van der Waals surface area contributed by atoms with E-state index in [-0.39, 0.29) is 6.10 Å². The molecular formula is C11H17N3O. The van der Waals surface area contributed by atoms with Gasteiger partial charge in [0.1, 0.15) is 6.10 Å². The van der Waals surface area contributed by atoms with E-state index in [1.54, 1.807) is 7.11 Å². The fourth-order valence-electron chi connectivity index (χ4n) is 1.89. The van der Waals surface area contributed by atoms with Gasteiger partial charge in [-0.3, -0.25) is 0 Å². The van der Waals surface area contributed by atoms with Gasteiger partial charge < -0.3 is 10.1 Å². The quantitative estimate of drug-likeness (QED) is 0.814. The Bertz CT molecular complexity index is 352. The lowest BCUT2D eigenvalue weighted by atomic mass is 10.1. The Hall–Kier alpha value is -1.00. The number of nitrogens with one attached hydrogen (secondary N) is 1. The van der Waals surface area contributed by atoms with Crippen LogP contribution in [0.5, 0.6) is 0 Å². The standard InChI is InChI=1S/C11H17N3O/c1-7(2)10(15-3)11-13-5-8-4-12-6-9(8)14-11/h5,7,10,12H,4,6H2,1-3H3. The van der Waals surface area contributed by atoms with Crippen molar-refractivity contribution in [2.24, 2.45) is 5.92 Å². The van der Waals surface area contributed by atoms with Crippen LogP contribution in [0.3, 0.4) is 0 Å². The first kappa shape index (κ1) is 10.5. The van der Waals surface area contributed by atoms with Gasteiger partial charge in [-0.05, 0) is 5.92 Å². The highest BCUT2D eigenvalue weighted by atomic mass is 16.5. The molecule has 0 fully saturated rings. The second-order valence-electron chi connectivity index (χ2n) is 4.20. The zero-order valence-electron chi connectivity index (χ0n) is 9.45. The molecule has 1 aromatic heterocycles. The van der Waals surface area contributed by atoms with E-state index < -0.39 is 0 Å². The third-order valence-corrected chi connectivity index (χ3v) is 2.69. The maximum absolute atomic E-state index is 5.41. The Morgan fingerprint density at radius 3 is 2.87 bits per heavy atom. The van der Waals surface area contributed by atoms with Gasteiger partial charge in [-0.15, -0.1) is 0 Å². The molecule has 82 valence electrons. The van der Waals surface area contributed by atoms with Crippen LogP contribution < -0.4 is 5.32 Å². The van der Waals surface area contributed by atoms with Crippen molar-refractivity contribution in [2.45, 2.75) is 33.0 Å². The molecule has 2 rings (SSSR count). The lowest BCUT2D eigenvalue weighted by Crippen LogP contribution is -2.13. The number of methoxy groups -OCH3 is 1. The van der Waals surface area contributed by atoms with Gasteiger partial charge in [0, 0.05) is 32.0 Å². The molecule has 4 nitrogen and oxygen atoms in total. The van der Waals surface area contributed by atoms with Crippen molar-refractivity contribution in [1.29, 1.82) is 0 Å². The molecule has 0 saturated heterocycles. The Kier molecular flexibility index (Phi) is 2.98. The van der Waals surface area contributed by atoms with Crippen molar-refractivity contribution < 1.29 is 4.74 Å². The molecule has 4 heteroatoms. The van der Waals surface area contributed by atoms with Gasteiger partial charge in [0.25, 0.3) is 0 Å². The van der Waals surface area contributed by atoms with E-state index in [1.165, 1.54) is 5.56 Å². The summed E-state index contributed by atoms with van der Waals surface area (Å²) in [5.74, 6) is 1.19. The van der Waals surface area contributed by atoms with Crippen molar-refractivity contribution >= 4 is 0 Å². The number of nitrogens with zero attached hydrogens (tertiary/aromatic N) is 2. The van der Waals surface area contributed by atoms with Crippen LogP contribution in [0.1, 0.15) is 37.0 Å². The van der Waals surface area contributed by atoms with Gasteiger partial charge in [0.05, 0.1) is 5.69 Å². The van der Waals surface area contributed by atoms with Gasteiger partial charge in [-0.2, -0.15) is 0 Å². The summed E-state index contributed by atoms with van der Waals surface area (Å²) >= 11 is 0.